The zero-order valence-electron chi connectivity index (χ0n) is 10.9. The van der Waals surface area contributed by atoms with Gasteiger partial charge in [-0.1, -0.05) is 6.07 Å². The van der Waals surface area contributed by atoms with Crippen LogP contribution in [-0.4, -0.2) is 4.98 Å². The number of nitrogen functional groups attached to an aromatic ring is 1. The summed E-state index contributed by atoms with van der Waals surface area (Å²) in [6, 6.07) is 10.0. The molecule has 0 amide bonds. The lowest BCUT2D eigenvalue weighted by atomic mass is 10.1. The Balaban J connectivity index is 2.11. The Morgan fingerprint density at radius 1 is 1.05 bits per heavy atom. The van der Waals surface area contributed by atoms with Crippen LogP contribution in [0.4, 0.5) is 10.1 Å². The third kappa shape index (κ3) is 2.16. The van der Waals surface area contributed by atoms with Gasteiger partial charge in [0.1, 0.15) is 5.75 Å². The molecule has 4 heteroatoms. The molecule has 1 aromatic heterocycles. The molecule has 0 aliphatic heterocycles. The SMILES string of the molecule is Cc1ccc(F)c(Oc2ccc(N)c3cnccc23)c1. The van der Waals surface area contributed by atoms with Gasteiger partial charge in [-0.3, -0.25) is 4.98 Å². The number of pyridine rings is 1. The van der Waals surface area contributed by atoms with Crippen molar-refractivity contribution in [1.82, 2.24) is 4.98 Å². The van der Waals surface area contributed by atoms with Crippen molar-refractivity contribution in [3.05, 3.63) is 60.2 Å². The van der Waals surface area contributed by atoms with Gasteiger partial charge in [-0.2, -0.15) is 0 Å². The average molecular weight is 268 g/mol. The van der Waals surface area contributed by atoms with Crippen LogP contribution in [0.25, 0.3) is 10.8 Å². The first-order valence-corrected chi connectivity index (χ1v) is 6.21. The van der Waals surface area contributed by atoms with Crippen LogP contribution in [-0.2, 0) is 0 Å². The third-order valence-electron chi connectivity index (χ3n) is 3.12. The van der Waals surface area contributed by atoms with Gasteiger partial charge in [0, 0.05) is 28.9 Å². The molecule has 0 unspecified atom stereocenters. The summed E-state index contributed by atoms with van der Waals surface area (Å²) in [5.74, 6) is 0.364. The van der Waals surface area contributed by atoms with Crippen molar-refractivity contribution in [3.8, 4) is 11.5 Å². The Kier molecular flexibility index (Phi) is 2.99. The molecule has 0 aliphatic carbocycles. The van der Waals surface area contributed by atoms with E-state index >= 15 is 0 Å². The van der Waals surface area contributed by atoms with Gasteiger partial charge in [0.05, 0.1) is 0 Å². The second kappa shape index (κ2) is 4.81. The van der Waals surface area contributed by atoms with Crippen molar-refractivity contribution < 1.29 is 9.13 Å². The van der Waals surface area contributed by atoms with E-state index in [2.05, 4.69) is 4.98 Å². The quantitative estimate of drug-likeness (QED) is 0.713. The van der Waals surface area contributed by atoms with Gasteiger partial charge in [0.15, 0.2) is 11.6 Å². The van der Waals surface area contributed by atoms with Crippen molar-refractivity contribution in [2.45, 2.75) is 6.92 Å². The molecule has 0 bridgehead atoms. The summed E-state index contributed by atoms with van der Waals surface area (Å²) in [5, 5.41) is 1.60. The predicted molar refractivity (Wildman–Crippen MR) is 77.4 cm³/mol. The average Bonchev–Trinajstić information content (AvgIpc) is 2.46. The zero-order valence-corrected chi connectivity index (χ0v) is 10.9. The molecule has 2 aromatic carbocycles. The minimum Gasteiger partial charge on any atom is -0.454 e. The van der Waals surface area contributed by atoms with Gasteiger partial charge in [0.25, 0.3) is 0 Å². The Morgan fingerprint density at radius 3 is 2.75 bits per heavy atom. The molecule has 0 saturated heterocycles. The van der Waals surface area contributed by atoms with Crippen molar-refractivity contribution in [2.24, 2.45) is 0 Å². The molecule has 0 saturated carbocycles. The molecule has 3 nitrogen and oxygen atoms in total. The Hall–Kier alpha value is -2.62. The number of rotatable bonds is 2. The highest BCUT2D eigenvalue weighted by Gasteiger charge is 2.09. The molecule has 20 heavy (non-hydrogen) atoms. The molecular formula is C16H13FN2O. The maximum Gasteiger partial charge on any atom is 0.165 e. The minimum absolute atomic E-state index is 0.202. The molecule has 3 aromatic rings. The summed E-state index contributed by atoms with van der Waals surface area (Å²) in [4.78, 5) is 4.04. The first kappa shape index (κ1) is 12.4. The number of halogens is 1. The minimum atomic E-state index is -0.394. The van der Waals surface area contributed by atoms with Gasteiger partial charge in [0.2, 0.25) is 0 Å². The molecule has 3 rings (SSSR count). The summed E-state index contributed by atoms with van der Waals surface area (Å²) < 4.78 is 19.5. The van der Waals surface area contributed by atoms with E-state index in [0.717, 1.165) is 16.3 Å². The van der Waals surface area contributed by atoms with E-state index in [4.69, 9.17) is 10.5 Å². The Labute approximate surface area is 115 Å². The second-order valence-electron chi connectivity index (χ2n) is 4.61. The Bertz CT molecular complexity index is 787. The number of fused-ring (bicyclic) bond motifs is 1. The lowest BCUT2D eigenvalue weighted by molar-refractivity contribution is 0.446. The van der Waals surface area contributed by atoms with Crippen molar-refractivity contribution in [3.63, 3.8) is 0 Å². The fourth-order valence-corrected chi connectivity index (χ4v) is 2.08. The van der Waals surface area contributed by atoms with Gasteiger partial charge in [-0.05, 0) is 42.8 Å². The molecular weight excluding hydrogens is 255 g/mol. The van der Waals surface area contributed by atoms with Gasteiger partial charge < -0.3 is 10.5 Å². The molecule has 2 N–H and O–H groups in total. The van der Waals surface area contributed by atoms with E-state index < -0.39 is 5.82 Å². The van der Waals surface area contributed by atoms with Crippen molar-refractivity contribution in [1.29, 1.82) is 0 Å². The van der Waals surface area contributed by atoms with Crippen LogP contribution >= 0.6 is 0 Å². The lowest BCUT2D eigenvalue weighted by Gasteiger charge is -2.11. The molecule has 1 heterocycles. The van der Waals surface area contributed by atoms with E-state index in [0.29, 0.717) is 11.4 Å². The molecule has 100 valence electrons. The molecule has 0 spiro atoms. The van der Waals surface area contributed by atoms with E-state index in [1.54, 1.807) is 42.7 Å². The van der Waals surface area contributed by atoms with Crippen LogP contribution in [0.2, 0.25) is 0 Å². The zero-order chi connectivity index (χ0) is 14.1. The van der Waals surface area contributed by atoms with Crippen LogP contribution in [0, 0.1) is 12.7 Å². The van der Waals surface area contributed by atoms with Crippen LogP contribution < -0.4 is 10.5 Å². The topological polar surface area (TPSA) is 48.1 Å². The summed E-state index contributed by atoms with van der Waals surface area (Å²) >= 11 is 0. The van der Waals surface area contributed by atoms with Crippen LogP contribution in [0.3, 0.4) is 0 Å². The van der Waals surface area contributed by atoms with Gasteiger partial charge >= 0.3 is 0 Å². The fraction of sp³-hybridized carbons (Fsp3) is 0.0625. The van der Waals surface area contributed by atoms with Gasteiger partial charge in [-0.25, -0.2) is 4.39 Å². The van der Waals surface area contributed by atoms with E-state index in [-0.39, 0.29) is 5.75 Å². The summed E-state index contributed by atoms with van der Waals surface area (Å²) in [7, 11) is 0. The van der Waals surface area contributed by atoms with E-state index in [9.17, 15) is 4.39 Å². The number of ether oxygens (including phenoxy) is 1. The number of anilines is 1. The number of benzene rings is 2. The number of nitrogens with zero attached hydrogens (tertiary/aromatic N) is 1. The normalized spacial score (nSPS) is 10.7. The molecule has 0 aliphatic rings. The molecule has 0 atom stereocenters. The van der Waals surface area contributed by atoms with Crippen LogP contribution in [0.1, 0.15) is 5.56 Å². The highest BCUT2D eigenvalue weighted by molar-refractivity contribution is 5.96. The number of hydrogen-bond donors (Lipinski definition) is 1. The largest absolute Gasteiger partial charge is 0.454 e. The number of aromatic nitrogens is 1. The first-order chi connectivity index (χ1) is 9.65. The molecule has 0 radical (unpaired) electrons. The fourth-order valence-electron chi connectivity index (χ4n) is 2.08. The highest BCUT2D eigenvalue weighted by Crippen LogP contribution is 2.33. The maximum absolute atomic E-state index is 13.8. The maximum atomic E-state index is 13.8. The summed E-state index contributed by atoms with van der Waals surface area (Å²) in [5.41, 5.74) is 7.45. The van der Waals surface area contributed by atoms with Gasteiger partial charge in [-0.15, -0.1) is 0 Å². The Morgan fingerprint density at radius 2 is 1.90 bits per heavy atom. The smallest absolute Gasteiger partial charge is 0.165 e. The highest BCUT2D eigenvalue weighted by atomic mass is 19.1. The third-order valence-corrected chi connectivity index (χ3v) is 3.12. The summed E-state index contributed by atoms with van der Waals surface area (Å²) in [6.07, 6.45) is 3.32. The van der Waals surface area contributed by atoms with Crippen LogP contribution in [0.15, 0.2) is 48.8 Å². The van der Waals surface area contributed by atoms with Crippen molar-refractivity contribution >= 4 is 16.5 Å². The van der Waals surface area contributed by atoms with Crippen molar-refractivity contribution in [2.75, 3.05) is 5.73 Å². The predicted octanol–water partition coefficient (Wildman–Crippen LogP) is 4.06. The number of nitrogens with two attached hydrogens (primary N) is 1. The standard InChI is InChI=1S/C16H13FN2O/c1-10-2-3-13(17)16(8-10)20-15-5-4-14(18)12-9-19-7-6-11(12)15/h2-9H,18H2,1H3. The van der Waals surface area contributed by atoms with E-state index in [1.807, 2.05) is 6.92 Å². The number of hydrogen-bond acceptors (Lipinski definition) is 3. The lowest BCUT2D eigenvalue weighted by Crippen LogP contribution is -1.93. The molecule has 0 fully saturated rings. The monoisotopic (exact) mass is 268 g/mol. The van der Waals surface area contributed by atoms with Crippen LogP contribution in [0.5, 0.6) is 11.5 Å². The first-order valence-electron chi connectivity index (χ1n) is 6.21. The number of aryl methyl sites for hydroxylation is 1. The van der Waals surface area contributed by atoms with E-state index in [1.165, 1.54) is 6.07 Å². The summed E-state index contributed by atoms with van der Waals surface area (Å²) in [6.45, 7) is 1.89. The second-order valence-corrected chi connectivity index (χ2v) is 4.61.